The van der Waals surface area contributed by atoms with Crippen LogP contribution in [0.1, 0.15) is 23.6 Å². The SMILES string of the molecule is CCOC(CN(Cc1cccc2ccccc12)C(=O)[C@@H](N)Cc1ccc(C)cc1)OC. The van der Waals surface area contributed by atoms with Crippen LogP contribution in [0.15, 0.2) is 66.7 Å². The molecule has 0 aliphatic rings. The normalized spacial score (nSPS) is 13.2. The minimum absolute atomic E-state index is 0.115. The lowest BCUT2D eigenvalue weighted by molar-refractivity contribution is -0.153. The number of methoxy groups -OCH3 is 1. The third-order valence-electron chi connectivity index (χ3n) is 5.43. The van der Waals surface area contributed by atoms with Gasteiger partial charge in [0.15, 0.2) is 6.29 Å². The van der Waals surface area contributed by atoms with Crippen LogP contribution in [-0.2, 0) is 27.2 Å². The first-order chi connectivity index (χ1) is 15.0. The van der Waals surface area contributed by atoms with Crippen LogP contribution >= 0.6 is 0 Å². The second-order valence-electron chi connectivity index (χ2n) is 7.77. The molecule has 0 bridgehead atoms. The zero-order valence-corrected chi connectivity index (χ0v) is 18.6. The van der Waals surface area contributed by atoms with Crippen LogP contribution in [-0.4, -0.2) is 43.4 Å². The molecular formula is C26H32N2O3. The van der Waals surface area contributed by atoms with E-state index in [4.69, 9.17) is 15.2 Å². The fourth-order valence-electron chi connectivity index (χ4n) is 3.73. The van der Waals surface area contributed by atoms with Gasteiger partial charge in [-0.25, -0.2) is 0 Å². The van der Waals surface area contributed by atoms with Crippen molar-refractivity contribution < 1.29 is 14.3 Å². The van der Waals surface area contributed by atoms with Gasteiger partial charge in [-0.3, -0.25) is 4.79 Å². The molecule has 0 aromatic heterocycles. The average Bonchev–Trinajstić information content (AvgIpc) is 2.79. The second-order valence-corrected chi connectivity index (χ2v) is 7.77. The molecule has 0 saturated carbocycles. The Balaban J connectivity index is 1.84. The van der Waals surface area contributed by atoms with E-state index in [1.54, 1.807) is 12.0 Å². The van der Waals surface area contributed by atoms with E-state index in [0.717, 1.165) is 21.9 Å². The largest absolute Gasteiger partial charge is 0.354 e. The molecular weight excluding hydrogens is 388 g/mol. The van der Waals surface area contributed by atoms with E-state index in [-0.39, 0.29) is 5.91 Å². The molecule has 1 unspecified atom stereocenters. The number of aryl methyl sites for hydroxylation is 1. The number of nitrogens with two attached hydrogens (primary N) is 1. The number of carbonyl (C=O) groups is 1. The Hall–Kier alpha value is -2.73. The highest BCUT2D eigenvalue weighted by molar-refractivity contribution is 5.87. The summed E-state index contributed by atoms with van der Waals surface area (Å²) in [5, 5.41) is 2.27. The molecule has 3 aromatic carbocycles. The summed E-state index contributed by atoms with van der Waals surface area (Å²) in [5.74, 6) is -0.115. The number of rotatable bonds is 10. The van der Waals surface area contributed by atoms with Gasteiger partial charge in [0.25, 0.3) is 0 Å². The van der Waals surface area contributed by atoms with E-state index in [9.17, 15) is 4.79 Å². The van der Waals surface area contributed by atoms with Gasteiger partial charge in [-0.2, -0.15) is 0 Å². The molecule has 0 heterocycles. The molecule has 3 aromatic rings. The zero-order valence-electron chi connectivity index (χ0n) is 18.6. The number of ether oxygens (including phenoxy) is 2. The molecule has 2 atom stereocenters. The Morgan fingerprint density at radius 2 is 1.74 bits per heavy atom. The number of fused-ring (bicyclic) bond motifs is 1. The molecule has 1 amide bonds. The quantitative estimate of drug-likeness (QED) is 0.503. The van der Waals surface area contributed by atoms with Gasteiger partial charge in [-0.15, -0.1) is 0 Å². The molecule has 0 spiro atoms. The highest BCUT2D eigenvalue weighted by Crippen LogP contribution is 2.21. The summed E-state index contributed by atoms with van der Waals surface area (Å²) in [6.45, 7) is 5.21. The van der Waals surface area contributed by atoms with Gasteiger partial charge in [-0.05, 0) is 42.2 Å². The third kappa shape index (κ3) is 6.14. The van der Waals surface area contributed by atoms with Crippen molar-refractivity contribution >= 4 is 16.7 Å². The van der Waals surface area contributed by atoms with E-state index >= 15 is 0 Å². The van der Waals surface area contributed by atoms with Crippen molar-refractivity contribution in [2.24, 2.45) is 5.73 Å². The first-order valence-electron chi connectivity index (χ1n) is 10.7. The summed E-state index contributed by atoms with van der Waals surface area (Å²) in [6.07, 6.45) is -0.0206. The monoisotopic (exact) mass is 420 g/mol. The summed E-state index contributed by atoms with van der Waals surface area (Å²) in [4.78, 5) is 15.2. The summed E-state index contributed by atoms with van der Waals surface area (Å²) < 4.78 is 11.1. The van der Waals surface area contributed by atoms with Crippen molar-refractivity contribution in [3.05, 3.63) is 83.4 Å². The lowest BCUT2D eigenvalue weighted by Gasteiger charge is -2.29. The number of carbonyl (C=O) groups excluding carboxylic acids is 1. The molecule has 0 saturated heterocycles. The van der Waals surface area contributed by atoms with Crippen molar-refractivity contribution in [2.75, 3.05) is 20.3 Å². The van der Waals surface area contributed by atoms with Crippen molar-refractivity contribution in [3.8, 4) is 0 Å². The zero-order chi connectivity index (χ0) is 22.2. The standard InChI is InChI=1S/C26H32N2O3/c1-4-31-25(30-3)18-28(17-22-10-7-9-21-8-5-6-11-23(21)22)26(29)24(27)16-20-14-12-19(2)13-15-20/h5-15,24-25H,4,16-18,27H2,1-3H3/t24-,25?/m0/s1. The Morgan fingerprint density at radius 3 is 2.45 bits per heavy atom. The molecule has 31 heavy (non-hydrogen) atoms. The molecule has 0 aliphatic carbocycles. The lowest BCUT2D eigenvalue weighted by atomic mass is 10.0. The Labute approximate surface area is 184 Å². The molecule has 2 N–H and O–H groups in total. The van der Waals surface area contributed by atoms with Crippen LogP contribution in [0.3, 0.4) is 0 Å². The maximum absolute atomic E-state index is 13.4. The summed E-state index contributed by atoms with van der Waals surface area (Å²) in [7, 11) is 1.59. The van der Waals surface area contributed by atoms with Crippen LogP contribution in [0.4, 0.5) is 0 Å². The highest BCUT2D eigenvalue weighted by atomic mass is 16.7. The van der Waals surface area contributed by atoms with Crippen LogP contribution < -0.4 is 5.73 Å². The van der Waals surface area contributed by atoms with Gasteiger partial charge in [0.1, 0.15) is 0 Å². The van der Waals surface area contributed by atoms with Crippen LogP contribution in [0.5, 0.6) is 0 Å². The second kappa shape index (κ2) is 11.0. The van der Waals surface area contributed by atoms with Crippen LogP contribution in [0.2, 0.25) is 0 Å². The number of benzene rings is 3. The van der Waals surface area contributed by atoms with E-state index in [1.807, 2.05) is 56.3 Å². The van der Waals surface area contributed by atoms with Gasteiger partial charge in [0, 0.05) is 20.3 Å². The Morgan fingerprint density at radius 1 is 1.03 bits per heavy atom. The van der Waals surface area contributed by atoms with Crippen molar-refractivity contribution in [2.45, 2.75) is 39.1 Å². The van der Waals surface area contributed by atoms with Crippen molar-refractivity contribution in [3.63, 3.8) is 0 Å². The Bertz CT molecular complexity index is 982. The van der Waals surface area contributed by atoms with E-state index in [2.05, 4.69) is 24.3 Å². The molecule has 0 aliphatic heterocycles. The van der Waals surface area contributed by atoms with Gasteiger partial charge >= 0.3 is 0 Å². The maximum Gasteiger partial charge on any atom is 0.240 e. The maximum atomic E-state index is 13.4. The van der Waals surface area contributed by atoms with Gasteiger partial charge in [0.05, 0.1) is 12.6 Å². The van der Waals surface area contributed by atoms with Gasteiger partial charge < -0.3 is 20.1 Å². The van der Waals surface area contributed by atoms with E-state index in [1.165, 1.54) is 5.56 Å². The minimum Gasteiger partial charge on any atom is -0.354 e. The summed E-state index contributed by atoms with van der Waals surface area (Å²) in [6, 6.07) is 21.8. The average molecular weight is 421 g/mol. The van der Waals surface area contributed by atoms with Gasteiger partial charge in [-0.1, -0.05) is 72.3 Å². The first-order valence-corrected chi connectivity index (χ1v) is 10.7. The van der Waals surface area contributed by atoms with Crippen LogP contribution in [0.25, 0.3) is 10.8 Å². The first kappa shape index (κ1) is 22.9. The fraction of sp³-hybridized carbons (Fsp3) is 0.346. The van der Waals surface area contributed by atoms with Crippen molar-refractivity contribution in [1.29, 1.82) is 0 Å². The highest BCUT2D eigenvalue weighted by Gasteiger charge is 2.25. The molecule has 0 radical (unpaired) electrons. The van der Waals surface area contributed by atoms with E-state index in [0.29, 0.717) is 26.1 Å². The minimum atomic E-state index is -0.642. The van der Waals surface area contributed by atoms with Crippen molar-refractivity contribution in [1.82, 2.24) is 4.90 Å². The summed E-state index contributed by atoms with van der Waals surface area (Å²) in [5.41, 5.74) is 9.67. The third-order valence-corrected chi connectivity index (χ3v) is 5.43. The molecule has 5 heteroatoms. The fourth-order valence-corrected chi connectivity index (χ4v) is 3.73. The predicted octanol–water partition coefficient (Wildman–Crippen LogP) is 4.06. The number of hydrogen-bond donors (Lipinski definition) is 1. The van der Waals surface area contributed by atoms with Gasteiger partial charge in [0.2, 0.25) is 5.91 Å². The number of amides is 1. The summed E-state index contributed by atoms with van der Waals surface area (Å²) >= 11 is 0. The number of nitrogens with zero attached hydrogens (tertiary/aromatic N) is 1. The van der Waals surface area contributed by atoms with Crippen LogP contribution in [0, 0.1) is 6.92 Å². The molecule has 3 rings (SSSR count). The lowest BCUT2D eigenvalue weighted by Crippen LogP contribution is -2.48. The predicted molar refractivity (Wildman–Crippen MR) is 125 cm³/mol. The molecule has 0 fully saturated rings. The number of hydrogen-bond acceptors (Lipinski definition) is 4. The topological polar surface area (TPSA) is 64.8 Å². The smallest absolute Gasteiger partial charge is 0.240 e. The molecule has 5 nitrogen and oxygen atoms in total. The molecule has 164 valence electrons. The Kier molecular flexibility index (Phi) is 8.18. The van der Waals surface area contributed by atoms with E-state index < -0.39 is 12.3 Å².